The molecule has 2 nitrogen and oxygen atoms in total. The van der Waals surface area contributed by atoms with Gasteiger partial charge in [0.15, 0.2) is 0 Å². The van der Waals surface area contributed by atoms with Crippen molar-refractivity contribution < 1.29 is 5.11 Å². The Morgan fingerprint density at radius 3 is 2.60 bits per heavy atom. The van der Waals surface area contributed by atoms with Gasteiger partial charge in [0.1, 0.15) is 0 Å². The molecule has 0 aliphatic carbocycles. The number of hydrogen-bond acceptors (Lipinski definition) is 2. The molecule has 1 rings (SSSR count). The predicted octanol–water partition coefficient (Wildman–Crippen LogP) is 3.02. The summed E-state index contributed by atoms with van der Waals surface area (Å²) in [6.07, 6.45) is -0.370. The van der Waals surface area contributed by atoms with Crippen molar-refractivity contribution in [2.45, 2.75) is 26.0 Å². The lowest BCUT2D eigenvalue weighted by molar-refractivity contribution is 0.187. The molecule has 0 bridgehead atoms. The highest BCUT2D eigenvalue weighted by Crippen LogP contribution is 2.29. The van der Waals surface area contributed by atoms with Gasteiger partial charge < -0.3 is 10.4 Å². The average molecular weight is 248 g/mol. The Balaban J connectivity index is 2.73. The maximum absolute atomic E-state index is 9.15. The Labute approximate surface area is 100 Å². The molecule has 4 heteroatoms. The molecule has 1 aromatic carbocycles. The van der Waals surface area contributed by atoms with Crippen molar-refractivity contribution in [3.63, 3.8) is 0 Å². The predicted molar refractivity (Wildman–Crippen MR) is 64.6 cm³/mol. The fourth-order valence-corrected chi connectivity index (χ4v) is 1.78. The molecule has 1 aromatic rings. The quantitative estimate of drug-likeness (QED) is 0.858. The highest BCUT2D eigenvalue weighted by atomic mass is 35.5. The van der Waals surface area contributed by atoms with Crippen LogP contribution in [0.5, 0.6) is 0 Å². The van der Waals surface area contributed by atoms with Gasteiger partial charge in [-0.1, -0.05) is 35.3 Å². The van der Waals surface area contributed by atoms with Crippen LogP contribution in [0.3, 0.4) is 0 Å². The maximum Gasteiger partial charge on any atom is 0.0639 e. The van der Waals surface area contributed by atoms with Gasteiger partial charge >= 0.3 is 0 Å². The van der Waals surface area contributed by atoms with Gasteiger partial charge in [0.2, 0.25) is 0 Å². The second-order valence-corrected chi connectivity index (χ2v) is 4.41. The molecule has 15 heavy (non-hydrogen) atoms. The van der Waals surface area contributed by atoms with Crippen LogP contribution in [-0.4, -0.2) is 17.8 Å². The van der Waals surface area contributed by atoms with Crippen LogP contribution in [0.4, 0.5) is 0 Å². The monoisotopic (exact) mass is 247 g/mol. The minimum absolute atomic E-state index is 0.0748. The Bertz CT molecular complexity index is 328. The molecule has 0 amide bonds. The number of hydrogen-bond donors (Lipinski definition) is 2. The third-order valence-electron chi connectivity index (χ3n) is 2.17. The number of nitrogens with one attached hydrogen (secondary N) is 1. The largest absolute Gasteiger partial charge is 0.392 e. The minimum atomic E-state index is -0.370. The zero-order valence-electron chi connectivity index (χ0n) is 8.80. The first-order chi connectivity index (χ1) is 7.02. The minimum Gasteiger partial charge on any atom is -0.392 e. The normalized spacial score (nSPS) is 15.0. The van der Waals surface area contributed by atoms with E-state index in [4.69, 9.17) is 28.3 Å². The van der Waals surface area contributed by atoms with E-state index in [-0.39, 0.29) is 12.1 Å². The molecule has 0 spiro atoms. The summed E-state index contributed by atoms with van der Waals surface area (Å²) < 4.78 is 0. The molecular weight excluding hydrogens is 233 g/mol. The van der Waals surface area contributed by atoms with Gasteiger partial charge in [-0.3, -0.25) is 0 Å². The lowest BCUT2D eigenvalue weighted by Crippen LogP contribution is -2.27. The first kappa shape index (κ1) is 12.8. The van der Waals surface area contributed by atoms with E-state index in [9.17, 15) is 0 Å². The first-order valence-corrected chi connectivity index (χ1v) is 5.63. The van der Waals surface area contributed by atoms with E-state index in [1.807, 2.05) is 19.1 Å². The van der Waals surface area contributed by atoms with Crippen LogP contribution in [0.25, 0.3) is 0 Å². The standard InChI is InChI=1S/C11H15Cl2NO/c1-7(15)6-14-8(2)9-4-3-5-10(12)11(9)13/h3-5,7-8,14-15H,6H2,1-2H3. The third-order valence-corrected chi connectivity index (χ3v) is 3.00. The van der Waals surface area contributed by atoms with Crippen LogP contribution in [0.2, 0.25) is 10.0 Å². The summed E-state index contributed by atoms with van der Waals surface area (Å²) in [5.74, 6) is 0. The van der Waals surface area contributed by atoms with E-state index in [0.717, 1.165) is 5.56 Å². The molecule has 0 saturated heterocycles. The number of aliphatic hydroxyl groups is 1. The molecule has 0 fully saturated rings. The molecule has 0 aliphatic heterocycles. The summed E-state index contributed by atoms with van der Waals surface area (Å²) >= 11 is 12.0. The molecule has 0 aliphatic rings. The van der Waals surface area contributed by atoms with Crippen molar-refractivity contribution in [2.75, 3.05) is 6.54 Å². The Morgan fingerprint density at radius 1 is 1.33 bits per heavy atom. The Kier molecular flexibility index (Phi) is 4.87. The lowest BCUT2D eigenvalue weighted by atomic mass is 10.1. The van der Waals surface area contributed by atoms with E-state index in [0.29, 0.717) is 16.6 Å². The van der Waals surface area contributed by atoms with Crippen LogP contribution in [0.1, 0.15) is 25.5 Å². The van der Waals surface area contributed by atoms with Crippen molar-refractivity contribution in [2.24, 2.45) is 0 Å². The molecule has 2 unspecified atom stereocenters. The van der Waals surface area contributed by atoms with Gasteiger partial charge in [-0.25, -0.2) is 0 Å². The van der Waals surface area contributed by atoms with Crippen molar-refractivity contribution in [3.05, 3.63) is 33.8 Å². The number of benzene rings is 1. The zero-order valence-corrected chi connectivity index (χ0v) is 10.3. The van der Waals surface area contributed by atoms with Crippen LogP contribution < -0.4 is 5.32 Å². The number of halogens is 2. The third kappa shape index (κ3) is 3.65. The van der Waals surface area contributed by atoms with Crippen LogP contribution in [0.15, 0.2) is 18.2 Å². The second kappa shape index (κ2) is 5.71. The molecule has 0 radical (unpaired) electrons. The highest BCUT2D eigenvalue weighted by Gasteiger charge is 2.11. The number of rotatable bonds is 4. The summed E-state index contributed by atoms with van der Waals surface area (Å²) in [6, 6.07) is 5.62. The maximum atomic E-state index is 9.15. The summed E-state index contributed by atoms with van der Waals surface area (Å²) in [5, 5.41) is 13.5. The summed E-state index contributed by atoms with van der Waals surface area (Å²) in [6.45, 7) is 4.25. The van der Waals surface area contributed by atoms with Gasteiger partial charge in [-0.05, 0) is 25.5 Å². The fraction of sp³-hybridized carbons (Fsp3) is 0.455. The highest BCUT2D eigenvalue weighted by molar-refractivity contribution is 6.42. The van der Waals surface area contributed by atoms with Gasteiger partial charge in [0.05, 0.1) is 16.1 Å². The summed E-state index contributed by atoms with van der Waals surface area (Å²) in [4.78, 5) is 0. The fourth-order valence-electron chi connectivity index (χ4n) is 1.31. The molecule has 84 valence electrons. The van der Waals surface area contributed by atoms with Crippen molar-refractivity contribution in [1.82, 2.24) is 5.32 Å². The zero-order chi connectivity index (χ0) is 11.4. The molecule has 0 aromatic heterocycles. The smallest absolute Gasteiger partial charge is 0.0639 e. The average Bonchev–Trinajstić information content (AvgIpc) is 2.18. The first-order valence-electron chi connectivity index (χ1n) is 4.87. The molecule has 0 saturated carbocycles. The van der Waals surface area contributed by atoms with Gasteiger partial charge in [0.25, 0.3) is 0 Å². The Hall–Kier alpha value is -0.280. The second-order valence-electron chi connectivity index (χ2n) is 3.62. The van der Waals surface area contributed by atoms with E-state index < -0.39 is 0 Å². The van der Waals surface area contributed by atoms with Gasteiger partial charge in [-0.2, -0.15) is 0 Å². The molecular formula is C11H15Cl2NO. The summed E-state index contributed by atoms with van der Waals surface area (Å²) in [7, 11) is 0. The SMILES string of the molecule is CC(O)CNC(C)c1cccc(Cl)c1Cl. The van der Waals surface area contributed by atoms with Gasteiger partial charge in [0, 0.05) is 12.6 Å². The summed E-state index contributed by atoms with van der Waals surface area (Å²) in [5.41, 5.74) is 0.949. The lowest BCUT2D eigenvalue weighted by Gasteiger charge is -2.17. The molecule has 0 heterocycles. The van der Waals surface area contributed by atoms with Crippen LogP contribution >= 0.6 is 23.2 Å². The molecule has 2 atom stereocenters. The topological polar surface area (TPSA) is 32.3 Å². The van der Waals surface area contributed by atoms with Crippen molar-refractivity contribution in [3.8, 4) is 0 Å². The number of aliphatic hydroxyl groups excluding tert-OH is 1. The van der Waals surface area contributed by atoms with Crippen molar-refractivity contribution in [1.29, 1.82) is 0 Å². The van der Waals surface area contributed by atoms with E-state index >= 15 is 0 Å². The van der Waals surface area contributed by atoms with Crippen molar-refractivity contribution >= 4 is 23.2 Å². The van der Waals surface area contributed by atoms with E-state index in [2.05, 4.69) is 5.32 Å². The Morgan fingerprint density at radius 2 is 2.00 bits per heavy atom. The van der Waals surface area contributed by atoms with Crippen LogP contribution in [-0.2, 0) is 0 Å². The van der Waals surface area contributed by atoms with Gasteiger partial charge in [-0.15, -0.1) is 0 Å². The van der Waals surface area contributed by atoms with E-state index in [1.54, 1.807) is 13.0 Å². The van der Waals surface area contributed by atoms with E-state index in [1.165, 1.54) is 0 Å². The molecule has 2 N–H and O–H groups in total. The van der Waals surface area contributed by atoms with Crippen LogP contribution in [0, 0.1) is 0 Å².